The Morgan fingerprint density at radius 3 is 2.74 bits per heavy atom. The number of fused-ring (bicyclic) bond motifs is 1. The zero-order chi connectivity index (χ0) is 19.0. The standard InChI is InChI=1S/C21H20ClN3O2/c1-13-11-17(19(27-2)12-16(13)22)23-21(26)20-15-9-6-10-18(15)25(24-20)14-7-4-3-5-8-14/h3-5,7-8,11-12H,6,9-10H2,1-2H3,(H,23,26). The number of aromatic nitrogens is 2. The number of ether oxygens (including phenoxy) is 1. The third-order valence-corrected chi connectivity index (χ3v) is 5.28. The van der Waals surface area contributed by atoms with Gasteiger partial charge in [0, 0.05) is 22.3 Å². The number of rotatable bonds is 4. The third kappa shape index (κ3) is 3.19. The van der Waals surface area contributed by atoms with E-state index in [1.54, 1.807) is 13.2 Å². The zero-order valence-corrected chi connectivity index (χ0v) is 16.0. The second-order valence-electron chi connectivity index (χ2n) is 6.63. The molecule has 1 aliphatic rings. The zero-order valence-electron chi connectivity index (χ0n) is 15.3. The Morgan fingerprint density at radius 1 is 1.22 bits per heavy atom. The van der Waals surface area contributed by atoms with E-state index in [-0.39, 0.29) is 5.91 Å². The Hall–Kier alpha value is -2.79. The summed E-state index contributed by atoms with van der Waals surface area (Å²) in [4.78, 5) is 13.0. The molecule has 0 fully saturated rings. The van der Waals surface area contributed by atoms with Gasteiger partial charge in [0.25, 0.3) is 5.91 Å². The topological polar surface area (TPSA) is 56.1 Å². The predicted octanol–water partition coefficient (Wildman–Crippen LogP) is 4.58. The van der Waals surface area contributed by atoms with Crippen LogP contribution in [-0.2, 0) is 12.8 Å². The van der Waals surface area contributed by atoms with Crippen molar-refractivity contribution in [2.24, 2.45) is 0 Å². The van der Waals surface area contributed by atoms with Gasteiger partial charge in [-0.15, -0.1) is 0 Å². The molecular weight excluding hydrogens is 362 g/mol. The van der Waals surface area contributed by atoms with Crippen LogP contribution in [-0.4, -0.2) is 22.8 Å². The first-order chi connectivity index (χ1) is 13.1. The maximum atomic E-state index is 13.0. The number of para-hydroxylation sites is 1. The molecule has 1 amide bonds. The fourth-order valence-corrected chi connectivity index (χ4v) is 3.67. The molecule has 0 unspecified atom stereocenters. The minimum atomic E-state index is -0.233. The Morgan fingerprint density at radius 2 is 2.00 bits per heavy atom. The van der Waals surface area contributed by atoms with Crippen LogP contribution in [0.3, 0.4) is 0 Å². The molecule has 2 aromatic carbocycles. The summed E-state index contributed by atoms with van der Waals surface area (Å²) in [5.41, 5.74) is 5.04. The molecule has 1 N–H and O–H groups in total. The van der Waals surface area contributed by atoms with Crippen molar-refractivity contribution in [3.8, 4) is 11.4 Å². The Kier molecular flexibility index (Phi) is 4.62. The highest BCUT2D eigenvalue weighted by molar-refractivity contribution is 6.31. The van der Waals surface area contributed by atoms with Crippen LogP contribution >= 0.6 is 11.6 Å². The van der Waals surface area contributed by atoms with Crippen molar-refractivity contribution in [2.45, 2.75) is 26.2 Å². The normalized spacial score (nSPS) is 12.7. The molecule has 4 rings (SSSR count). The van der Waals surface area contributed by atoms with Gasteiger partial charge in [-0.25, -0.2) is 4.68 Å². The van der Waals surface area contributed by atoms with Gasteiger partial charge >= 0.3 is 0 Å². The number of anilines is 1. The number of hydrogen-bond donors (Lipinski definition) is 1. The molecule has 1 aliphatic carbocycles. The quantitative estimate of drug-likeness (QED) is 0.719. The van der Waals surface area contributed by atoms with Gasteiger partial charge in [-0.1, -0.05) is 29.8 Å². The van der Waals surface area contributed by atoms with Crippen molar-refractivity contribution in [1.82, 2.24) is 9.78 Å². The van der Waals surface area contributed by atoms with Crippen LogP contribution in [0.4, 0.5) is 5.69 Å². The van der Waals surface area contributed by atoms with E-state index in [1.165, 1.54) is 0 Å². The largest absolute Gasteiger partial charge is 0.495 e. The number of aryl methyl sites for hydroxylation is 1. The Bertz CT molecular complexity index is 1010. The van der Waals surface area contributed by atoms with E-state index in [9.17, 15) is 4.79 Å². The molecule has 0 radical (unpaired) electrons. The highest BCUT2D eigenvalue weighted by atomic mass is 35.5. The van der Waals surface area contributed by atoms with Gasteiger partial charge in [0.2, 0.25) is 0 Å². The summed E-state index contributed by atoms with van der Waals surface area (Å²) in [6, 6.07) is 13.4. The Balaban J connectivity index is 1.71. The number of halogens is 1. The summed E-state index contributed by atoms with van der Waals surface area (Å²) in [5, 5.41) is 8.17. The predicted molar refractivity (Wildman–Crippen MR) is 106 cm³/mol. The van der Waals surface area contributed by atoms with E-state index in [2.05, 4.69) is 10.4 Å². The van der Waals surface area contributed by atoms with Gasteiger partial charge in [-0.05, 0) is 49.9 Å². The highest BCUT2D eigenvalue weighted by Crippen LogP contribution is 2.32. The third-order valence-electron chi connectivity index (χ3n) is 4.88. The molecule has 0 atom stereocenters. The average molecular weight is 382 g/mol. The molecule has 0 aliphatic heterocycles. The molecule has 27 heavy (non-hydrogen) atoms. The van der Waals surface area contributed by atoms with E-state index in [1.807, 2.05) is 48.0 Å². The molecular formula is C21H20ClN3O2. The minimum absolute atomic E-state index is 0.233. The maximum absolute atomic E-state index is 13.0. The van der Waals surface area contributed by atoms with Crippen molar-refractivity contribution < 1.29 is 9.53 Å². The van der Waals surface area contributed by atoms with Gasteiger partial charge in [0.1, 0.15) is 5.75 Å². The molecule has 138 valence electrons. The first kappa shape index (κ1) is 17.6. The van der Waals surface area contributed by atoms with Gasteiger partial charge in [0.15, 0.2) is 5.69 Å². The lowest BCUT2D eigenvalue weighted by molar-refractivity contribution is 0.102. The van der Waals surface area contributed by atoms with Crippen molar-refractivity contribution in [1.29, 1.82) is 0 Å². The molecule has 0 spiro atoms. The van der Waals surface area contributed by atoms with Crippen LogP contribution in [0.25, 0.3) is 5.69 Å². The molecule has 0 bridgehead atoms. The number of benzene rings is 2. The van der Waals surface area contributed by atoms with Crippen LogP contribution in [0, 0.1) is 6.92 Å². The number of carbonyl (C=O) groups is 1. The van der Waals surface area contributed by atoms with E-state index >= 15 is 0 Å². The second-order valence-corrected chi connectivity index (χ2v) is 7.04. The van der Waals surface area contributed by atoms with E-state index in [0.717, 1.165) is 41.8 Å². The highest BCUT2D eigenvalue weighted by Gasteiger charge is 2.27. The molecule has 0 saturated carbocycles. The van der Waals surface area contributed by atoms with E-state index < -0.39 is 0 Å². The molecule has 1 aromatic heterocycles. The number of methoxy groups -OCH3 is 1. The number of nitrogens with one attached hydrogen (secondary N) is 1. The first-order valence-electron chi connectivity index (χ1n) is 8.90. The molecule has 0 saturated heterocycles. The van der Waals surface area contributed by atoms with Crippen LogP contribution in [0.5, 0.6) is 5.75 Å². The number of nitrogens with zero attached hydrogens (tertiary/aromatic N) is 2. The number of carbonyl (C=O) groups excluding carboxylic acids is 1. The van der Waals surface area contributed by atoms with Crippen molar-refractivity contribution in [2.75, 3.05) is 12.4 Å². The first-order valence-corrected chi connectivity index (χ1v) is 9.28. The molecule has 1 heterocycles. The van der Waals surface area contributed by atoms with Gasteiger partial charge in [0.05, 0.1) is 18.5 Å². The number of amides is 1. The second kappa shape index (κ2) is 7.08. The van der Waals surface area contributed by atoms with E-state index in [0.29, 0.717) is 22.2 Å². The van der Waals surface area contributed by atoms with Gasteiger partial charge in [-0.2, -0.15) is 5.10 Å². The lowest BCUT2D eigenvalue weighted by Gasteiger charge is -2.12. The lowest BCUT2D eigenvalue weighted by atomic mass is 10.1. The summed E-state index contributed by atoms with van der Waals surface area (Å²) in [5.74, 6) is 0.293. The summed E-state index contributed by atoms with van der Waals surface area (Å²) in [7, 11) is 1.55. The van der Waals surface area contributed by atoms with Crippen LogP contribution < -0.4 is 10.1 Å². The number of hydrogen-bond acceptors (Lipinski definition) is 3. The van der Waals surface area contributed by atoms with Gasteiger partial charge < -0.3 is 10.1 Å². The Labute approximate surface area is 162 Å². The van der Waals surface area contributed by atoms with Crippen LogP contribution in [0.2, 0.25) is 5.02 Å². The van der Waals surface area contributed by atoms with Crippen molar-refractivity contribution >= 4 is 23.2 Å². The summed E-state index contributed by atoms with van der Waals surface area (Å²) in [6.07, 6.45) is 2.82. The maximum Gasteiger partial charge on any atom is 0.276 e. The summed E-state index contributed by atoms with van der Waals surface area (Å²) >= 11 is 6.16. The smallest absolute Gasteiger partial charge is 0.276 e. The lowest BCUT2D eigenvalue weighted by Crippen LogP contribution is -2.15. The molecule has 5 nitrogen and oxygen atoms in total. The molecule has 3 aromatic rings. The fraction of sp³-hybridized carbons (Fsp3) is 0.238. The van der Waals surface area contributed by atoms with Crippen LogP contribution in [0.15, 0.2) is 42.5 Å². The summed E-state index contributed by atoms with van der Waals surface area (Å²) in [6.45, 7) is 1.89. The molecule has 6 heteroatoms. The van der Waals surface area contributed by atoms with Gasteiger partial charge in [-0.3, -0.25) is 4.79 Å². The monoisotopic (exact) mass is 381 g/mol. The van der Waals surface area contributed by atoms with Crippen LogP contribution in [0.1, 0.15) is 33.7 Å². The van der Waals surface area contributed by atoms with E-state index in [4.69, 9.17) is 16.3 Å². The average Bonchev–Trinajstić information content (AvgIpc) is 3.27. The minimum Gasteiger partial charge on any atom is -0.495 e. The fourth-order valence-electron chi connectivity index (χ4n) is 3.51. The summed E-state index contributed by atoms with van der Waals surface area (Å²) < 4.78 is 7.25. The van der Waals surface area contributed by atoms with Crippen molar-refractivity contribution in [3.63, 3.8) is 0 Å². The van der Waals surface area contributed by atoms with Crippen molar-refractivity contribution in [3.05, 3.63) is 70.0 Å². The SMILES string of the molecule is COc1cc(Cl)c(C)cc1NC(=O)c1nn(-c2ccccc2)c2c1CCC2.